The first-order valence-corrected chi connectivity index (χ1v) is 7.99. The lowest BCUT2D eigenvalue weighted by molar-refractivity contribution is -0.762. The SMILES string of the molecule is CNCCC[N+](C)(C(=O)OC=CC(C)C)C(=O)OC=CC(C)C. The molecule has 0 saturated carbocycles. The van der Waals surface area contributed by atoms with Crippen molar-refractivity contribution in [2.45, 2.75) is 34.1 Å². The first kappa shape index (κ1) is 21.3. The normalized spacial score (nSPS) is 14.6. The smallest absolute Gasteiger partial charge is 0.389 e. The molecule has 0 bridgehead atoms. The number of amides is 2. The summed E-state index contributed by atoms with van der Waals surface area (Å²) in [5, 5.41) is 2.99. The van der Waals surface area contributed by atoms with Crippen LogP contribution in [-0.2, 0) is 9.47 Å². The maximum absolute atomic E-state index is 12.3. The summed E-state index contributed by atoms with van der Waals surface area (Å²) in [6.07, 6.45) is 5.50. The minimum Gasteiger partial charge on any atom is -0.389 e. The Hall–Kier alpha value is -1.66. The zero-order valence-corrected chi connectivity index (χ0v) is 15.2. The zero-order chi connectivity index (χ0) is 17.9. The van der Waals surface area contributed by atoms with E-state index in [1.54, 1.807) is 12.2 Å². The molecule has 6 nitrogen and oxygen atoms in total. The summed E-state index contributed by atoms with van der Waals surface area (Å²) in [5.41, 5.74) is 0. The Labute approximate surface area is 139 Å². The molecule has 0 rings (SSSR count). The summed E-state index contributed by atoms with van der Waals surface area (Å²) in [6.45, 7) is 8.86. The van der Waals surface area contributed by atoms with Crippen LogP contribution in [0.2, 0.25) is 0 Å². The highest BCUT2D eigenvalue weighted by Crippen LogP contribution is 2.13. The average Bonchev–Trinajstić information content (AvgIpc) is 2.46. The van der Waals surface area contributed by atoms with Gasteiger partial charge in [-0.3, -0.25) is 0 Å². The van der Waals surface area contributed by atoms with Crippen molar-refractivity contribution >= 4 is 12.2 Å². The molecule has 1 N–H and O–H groups in total. The molecule has 0 atom stereocenters. The fraction of sp³-hybridized carbons (Fsp3) is 0.647. The summed E-state index contributed by atoms with van der Waals surface area (Å²) in [4.78, 5) is 24.7. The van der Waals surface area contributed by atoms with Crippen molar-refractivity contribution in [3.63, 3.8) is 0 Å². The van der Waals surface area contributed by atoms with E-state index in [1.165, 1.54) is 19.6 Å². The minimum atomic E-state index is -0.652. The van der Waals surface area contributed by atoms with E-state index in [4.69, 9.17) is 9.47 Å². The molecule has 132 valence electrons. The number of hydrogen-bond donors (Lipinski definition) is 1. The number of nitrogens with one attached hydrogen (secondary N) is 1. The Bertz CT molecular complexity index is 396. The molecule has 0 aliphatic rings. The molecule has 0 heterocycles. The lowest BCUT2D eigenvalue weighted by atomic mass is 10.2. The van der Waals surface area contributed by atoms with Gasteiger partial charge in [-0.1, -0.05) is 27.7 Å². The predicted molar refractivity (Wildman–Crippen MR) is 90.5 cm³/mol. The predicted octanol–water partition coefficient (Wildman–Crippen LogP) is 3.66. The van der Waals surface area contributed by atoms with E-state index in [0.29, 0.717) is 19.5 Å². The van der Waals surface area contributed by atoms with Crippen LogP contribution in [0.3, 0.4) is 0 Å². The molecular weight excluding hydrogens is 296 g/mol. The number of hydrogen-bond acceptors (Lipinski definition) is 5. The number of rotatable bonds is 8. The van der Waals surface area contributed by atoms with Gasteiger partial charge in [-0.05, 0) is 31.0 Å². The van der Waals surface area contributed by atoms with Gasteiger partial charge < -0.3 is 14.8 Å². The average molecular weight is 327 g/mol. The lowest BCUT2D eigenvalue weighted by Gasteiger charge is -2.24. The van der Waals surface area contributed by atoms with E-state index in [-0.39, 0.29) is 11.8 Å². The van der Waals surface area contributed by atoms with Crippen LogP contribution in [0.4, 0.5) is 9.59 Å². The lowest BCUT2D eigenvalue weighted by Crippen LogP contribution is -2.54. The maximum Gasteiger partial charge on any atom is 0.531 e. The van der Waals surface area contributed by atoms with E-state index in [9.17, 15) is 9.59 Å². The van der Waals surface area contributed by atoms with Gasteiger partial charge >= 0.3 is 12.2 Å². The third-order valence-corrected chi connectivity index (χ3v) is 3.10. The Morgan fingerprint density at radius 1 is 1.00 bits per heavy atom. The standard InChI is InChI=1S/C17H31N2O4/c1-14(2)8-12-22-16(20)19(6,11-7-10-18-5)17(21)23-13-9-15(3)4/h8-9,12-15,18H,7,10-11H2,1-6H3/q+1. The molecule has 0 aliphatic heterocycles. The fourth-order valence-electron chi connectivity index (χ4n) is 1.57. The van der Waals surface area contributed by atoms with Gasteiger partial charge in [0.2, 0.25) is 0 Å². The molecule has 23 heavy (non-hydrogen) atoms. The van der Waals surface area contributed by atoms with Crippen molar-refractivity contribution in [3.05, 3.63) is 24.7 Å². The first-order valence-electron chi connectivity index (χ1n) is 7.99. The summed E-state index contributed by atoms with van der Waals surface area (Å²) in [6, 6.07) is 0. The van der Waals surface area contributed by atoms with E-state index in [0.717, 1.165) is 0 Å². The van der Waals surface area contributed by atoms with Crippen LogP contribution >= 0.6 is 0 Å². The molecule has 0 saturated heterocycles. The Morgan fingerprint density at radius 2 is 1.43 bits per heavy atom. The number of ether oxygens (including phenoxy) is 2. The number of quaternary nitrogens is 1. The molecule has 6 heteroatoms. The second-order valence-corrected chi connectivity index (χ2v) is 6.28. The van der Waals surface area contributed by atoms with Gasteiger partial charge in [0.1, 0.15) is 6.54 Å². The van der Waals surface area contributed by atoms with Crippen molar-refractivity contribution in [2.75, 3.05) is 27.2 Å². The molecule has 0 radical (unpaired) electrons. The van der Waals surface area contributed by atoms with Gasteiger partial charge in [-0.15, -0.1) is 4.48 Å². The van der Waals surface area contributed by atoms with Gasteiger partial charge in [-0.2, -0.15) is 9.59 Å². The van der Waals surface area contributed by atoms with Crippen LogP contribution in [0.25, 0.3) is 0 Å². The molecule has 2 amide bonds. The van der Waals surface area contributed by atoms with Crippen LogP contribution in [0.1, 0.15) is 34.1 Å². The van der Waals surface area contributed by atoms with Crippen molar-refractivity contribution in [2.24, 2.45) is 11.8 Å². The number of imide groups is 1. The van der Waals surface area contributed by atoms with Crippen LogP contribution in [0.5, 0.6) is 0 Å². The number of nitrogens with zero attached hydrogens (tertiary/aromatic N) is 1. The Morgan fingerprint density at radius 3 is 1.78 bits per heavy atom. The molecule has 0 unspecified atom stereocenters. The van der Waals surface area contributed by atoms with Crippen molar-refractivity contribution in [1.29, 1.82) is 0 Å². The monoisotopic (exact) mass is 327 g/mol. The topological polar surface area (TPSA) is 64.6 Å². The van der Waals surface area contributed by atoms with Gasteiger partial charge in [0.05, 0.1) is 19.6 Å². The molecule has 0 aromatic heterocycles. The van der Waals surface area contributed by atoms with Gasteiger partial charge in [0.25, 0.3) is 0 Å². The van der Waals surface area contributed by atoms with Gasteiger partial charge in [-0.25, -0.2) is 0 Å². The molecule has 0 aromatic rings. The Kier molecular flexibility index (Phi) is 10.2. The van der Waals surface area contributed by atoms with Crippen molar-refractivity contribution in [3.8, 4) is 0 Å². The summed E-state index contributed by atoms with van der Waals surface area (Å²) >= 11 is 0. The van der Waals surface area contributed by atoms with Gasteiger partial charge in [0, 0.05) is 13.0 Å². The zero-order valence-electron chi connectivity index (χ0n) is 15.2. The number of allylic oxidation sites excluding steroid dienone is 2. The number of carbonyl (C=O) groups is 2. The second-order valence-electron chi connectivity index (χ2n) is 6.28. The van der Waals surface area contributed by atoms with Crippen LogP contribution in [-0.4, -0.2) is 43.9 Å². The summed E-state index contributed by atoms with van der Waals surface area (Å²) in [7, 11) is 3.32. The number of carbonyl (C=O) groups excluding carboxylic acids is 2. The highest BCUT2D eigenvalue weighted by molar-refractivity contribution is 5.76. The molecule has 0 spiro atoms. The molecule has 0 aromatic carbocycles. The van der Waals surface area contributed by atoms with E-state index in [1.807, 2.05) is 34.7 Å². The van der Waals surface area contributed by atoms with Crippen LogP contribution in [0, 0.1) is 11.8 Å². The van der Waals surface area contributed by atoms with Crippen LogP contribution < -0.4 is 5.32 Å². The highest BCUT2D eigenvalue weighted by Gasteiger charge is 2.43. The quantitative estimate of drug-likeness (QED) is 0.419. The van der Waals surface area contributed by atoms with Crippen molar-refractivity contribution in [1.82, 2.24) is 5.32 Å². The maximum atomic E-state index is 12.3. The first-order chi connectivity index (χ1) is 10.7. The van der Waals surface area contributed by atoms with Crippen LogP contribution in [0.15, 0.2) is 24.7 Å². The summed E-state index contributed by atoms with van der Waals surface area (Å²) < 4.78 is 9.65. The fourth-order valence-corrected chi connectivity index (χ4v) is 1.57. The van der Waals surface area contributed by atoms with E-state index < -0.39 is 16.7 Å². The molecular formula is C17H31N2O4+. The largest absolute Gasteiger partial charge is 0.531 e. The molecule has 0 fully saturated rings. The molecule has 0 aliphatic carbocycles. The van der Waals surface area contributed by atoms with E-state index >= 15 is 0 Å². The summed E-state index contributed by atoms with van der Waals surface area (Å²) in [5.74, 6) is 0.513. The van der Waals surface area contributed by atoms with Crippen molar-refractivity contribution < 1.29 is 23.5 Å². The Balaban J connectivity index is 4.98. The minimum absolute atomic E-state index is 0.256. The second kappa shape index (κ2) is 11.0. The van der Waals surface area contributed by atoms with Gasteiger partial charge in [0.15, 0.2) is 0 Å². The highest BCUT2D eigenvalue weighted by atomic mass is 16.6. The third-order valence-electron chi connectivity index (χ3n) is 3.10. The third kappa shape index (κ3) is 8.52. The van der Waals surface area contributed by atoms with E-state index in [2.05, 4.69) is 5.32 Å².